The second-order valence-corrected chi connectivity index (χ2v) is 16.4. The van der Waals surface area contributed by atoms with Crippen LogP contribution >= 0.6 is 17.0 Å². The second-order valence-electron chi connectivity index (χ2n) is 11.4. The average molecular weight is 707 g/mol. The van der Waals surface area contributed by atoms with Crippen molar-refractivity contribution >= 4 is 47.7 Å². The number of fused-ring (bicyclic) bond motifs is 4. The zero-order valence-electron chi connectivity index (χ0n) is 25.5. The van der Waals surface area contributed by atoms with Crippen molar-refractivity contribution in [2.24, 2.45) is 5.92 Å². The summed E-state index contributed by atoms with van der Waals surface area (Å²) in [4.78, 5) is 0. The third kappa shape index (κ3) is 7.78. The van der Waals surface area contributed by atoms with Gasteiger partial charge in [-0.15, -0.1) is 40.1 Å². The maximum absolute atomic E-state index is 4.93. The molecule has 0 atom stereocenters. The van der Waals surface area contributed by atoms with Gasteiger partial charge in [0.25, 0.3) is 0 Å². The predicted molar refractivity (Wildman–Crippen MR) is 190 cm³/mol. The molecule has 0 nitrogen and oxygen atoms in total. The Morgan fingerprint density at radius 3 is 2.16 bits per heavy atom. The number of hydrogen-bond donors (Lipinski definition) is 0. The van der Waals surface area contributed by atoms with Gasteiger partial charge in [0.05, 0.1) is 9.52 Å². The van der Waals surface area contributed by atoms with Crippen molar-refractivity contribution in [3.8, 4) is 33.4 Å². The molecule has 0 saturated carbocycles. The molecule has 0 saturated heterocycles. The molecule has 0 bridgehead atoms. The van der Waals surface area contributed by atoms with Crippen molar-refractivity contribution in [1.29, 1.82) is 0 Å². The van der Waals surface area contributed by atoms with Gasteiger partial charge in [-0.1, -0.05) is 128 Å². The zero-order valence-corrected chi connectivity index (χ0v) is 30.5. The SMILES string of the molecule is CCCc1ccc2[cH-]c(CC(C)C)cc2c1-c1ccccc1-c1ccccc1.[Cl][Zr+2][Cl].[c-]1cccc2c1[Si]c1ccccc1-2. The molecule has 0 aromatic heterocycles. The molecule has 1 aliphatic heterocycles. The standard InChI is InChI=1S/C28H29.C12H7Si.2ClH.Zr/c1-4-10-23-15-16-24-18-21(17-20(2)3)19-27(24)28(23)26-14-9-8-13-25(26)22-11-6-5-7-12-22;1-3-7-11-9(5-1)10-6-2-4-8-12(10)13-11;;;/h5-9,11-16,18-20H,4,10,17H2,1-3H3;1-7H;2*1H;/q2*-1;;;+4/p-2. The minimum atomic E-state index is -0.826. The molecule has 6 aromatic carbocycles. The van der Waals surface area contributed by atoms with Gasteiger partial charge in [0.2, 0.25) is 0 Å². The van der Waals surface area contributed by atoms with Gasteiger partial charge in [-0.2, -0.15) is 35.5 Å². The van der Waals surface area contributed by atoms with Gasteiger partial charge in [-0.05, 0) is 35.4 Å². The van der Waals surface area contributed by atoms with Crippen LogP contribution in [0, 0.1) is 12.0 Å². The van der Waals surface area contributed by atoms with E-state index in [0.29, 0.717) is 5.92 Å². The first kappa shape index (κ1) is 32.8. The average Bonchev–Trinajstić information content (AvgIpc) is 3.63. The van der Waals surface area contributed by atoms with Crippen molar-refractivity contribution in [2.45, 2.75) is 40.0 Å². The van der Waals surface area contributed by atoms with Gasteiger partial charge >= 0.3 is 37.9 Å². The van der Waals surface area contributed by atoms with E-state index in [1.807, 2.05) is 6.07 Å². The summed E-state index contributed by atoms with van der Waals surface area (Å²) in [5.74, 6) is 0.673. The van der Waals surface area contributed by atoms with Crippen LogP contribution in [0.1, 0.15) is 38.3 Å². The molecule has 0 spiro atoms. The molecule has 1 aliphatic rings. The molecule has 44 heavy (non-hydrogen) atoms. The van der Waals surface area contributed by atoms with E-state index in [2.05, 4.69) is 142 Å². The Labute approximate surface area is 284 Å². The summed E-state index contributed by atoms with van der Waals surface area (Å²) in [6.07, 6.45) is 3.40. The van der Waals surface area contributed by atoms with E-state index < -0.39 is 20.8 Å². The van der Waals surface area contributed by atoms with Crippen LogP contribution in [0.5, 0.6) is 0 Å². The Balaban J connectivity index is 0.000000198. The third-order valence-electron chi connectivity index (χ3n) is 7.81. The first-order valence-electron chi connectivity index (χ1n) is 15.2. The summed E-state index contributed by atoms with van der Waals surface area (Å²) in [7, 11) is 10.7. The third-order valence-corrected chi connectivity index (χ3v) is 9.18. The molecular weight excluding hydrogens is 671 g/mol. The monoisotopic (exact) mass is 704 g/mol. The largest absolute Gasteiger partial charge is 0.184 e. The Bertz CT molecular complexity index is 1760. The first-order valence-corrected chi connectivity index (χ1v) is 22.6. The van der Waals surface area contributed by atoms with Gasteiger partial charge in [0.15, 0.2) is 0 Å². The molecule has 218 valence electrons. The van der Waals surface area contributed by atoms with Crippen LogP contribution in [-0.2, 0) is 33.7 Å². The Morgan fingerprint density at radius 1 is 0.773 bits per heavy atom. The van der Waals surface area contributed by atoms with Gasteiger partial charge in [0, 0.05) is 0 Å². The van der Waals surface area contributed by atoms with Crippen LogP contribution in [0.4, 0.5) is 0 Å². The Morgan fingerprint density at radius 2 is 1.43 bits per heavy atom. The molecule has 1 heterocycles. The molecule has 2 radical (unpaired) electrons. The maximum Gasteiger partial charge on any atom is 0.0920 e. The van der Waals surface area contributed by atoms with E-state index in [1.54, 1.807) is 0 Å². The van der Waals surface area contributed by atoms with E-state index in [0.717, 1.165) is 28.8 Å². The summed E-state index contributed by atoms with van der Waals surface area (Å²) in [6, 6.07) is 47.3. The summed E-state index contributed by atoms with van der Waals surface area (Å²) in [5.41, 5.74) is 11.1. The quantitative estimate of drug-likeness (QED) is 0.119. The minimum absolute atomic E-state index is 0.673. The van der Waals surface area contributed by atoms with Gasteiger partial charge in [-0.25, -0.2) is 0 Å². The van der Waals surface area contributed by atoms with Gasteiger partial charge in [0.1, 0.15) is 0 Å². The number of halogens is 2. The van der Waals surface area contributed by atoms with E-state index >= 15 is 0 Å². The zero-order chi connectivity index (χ0) is 30.9. The Hall–Kier alpha value is -2.61. The molecule has 0 unspecified atom stereocenters. The first-order chi connectivity index (χ1) is 21.5. The van der Waals surface area contributed by atoms with Gasteiger partial charge in [-0.3, -0.25) is 0 Å². The van der Waals surface area contributed by atoms with E-state index in [1.165, 1.54) is 65.7 Å². The van der Waals surface area contributed by atoms with Crippen molar-refractivity contribution in [3.63, 3.8) is 0 Å². The summed E-state index contributed by atoms with van der Waals surface area (Å²) in [6.45, 7) is 6.86. The summed E-state index contributed by atoms with van der Waals surface area (Å²) < 4.78 is 0. The minimum Gasteiger partial charge on any atom is -0.184 e. The summed E-state index contributed by atoms with van der Waals surface area (Å²) >= 11 is -0.826. The van der Waals surface area contributed by atoms with E-state index in [9.17, 15) is 0 Å². The van der Waals surface area contributed by atoms with Crippen molar-refractivity contribution in [1.82, 2.24) is 0 Å². The van der Waals surface area contributed by atoms with Crippen LogP contribution < -0.4 is 10.4 Å². The predicted octanol–water partition coefficient (Wildman–Crippen LogP) is 10.5. The second kappa shape index (κ2) is 16.1. The van der Waals surface area contributed by atoms with Crippen LogP contribution in [-0.4, -0.2) is 9.52 Å². The Kier molecular flexibility index (Phi) is 12.0. The van der Waals surface area contributed by atoms with E-state index in [-0.39, 0.29) is 0 Å². The molecule has 4 heteroatoms. The van der Waals surface area contributed by atoms with Crippen LogP contribution in [0.25, 0.3) is 44.2 Å². The van der Waals surface area contributed by atoms with Crippen LogP contribution in [0.15, 0.2) is 121 Å². The van der Waals surface area contributed by atoms with Crippen molar-refractivity contribution in [3.05, 3.63) is 139 Å². The molecular formula is C40H36Cl2SiZr. The number of benzene rings is 5. The molecule has 0 N–H and O–H groups in total. The topological polar surface area (TPSA) is 0 Å². The summed E-state index contributed by atoms with van der Waals surface area (Å²) in [5, 5.41) is 5.60. The smallest absolute Gasteiger partial charge is 0.0920 e. The number of hydrogen-bond acceptors (Lipinski definition) is 0. The van der Waals surface area contributed by atoms with Crippen molar-refractivity contribution < 1.29 is 20.8 Å². The molecule has 7 rings (SSSR count). The number of aryl methyl sites for hydroxylation is 1. The van der Waals surface area contributed by atoms with Crippen molar-refractivity contribution in [2.75, 3.05) is 0 Å². The van der Waals surface area contributed by atoms with Crippen LogP contribution in [0.2, 0.25) is 0 Å². The van der Waals surface area contributed by atoms with E-state index in [4.69, 9.17) is 17.0 Å². The van der Waals surface area contributed by atoms with Gasteiger partial charge < -0.3 is 0 Å². The maximum atomic E-state index is 4.93. The molecule has 6 aromatic rings. The van der Waals surface area contributed by atoms with Crippen LogP contribution in [0.3, 0.4) is 0 Å². The molecule has 0 fully saturated rings. The fraction of sp³-hybridized carbons (Fsp3) is 0.175. The normalized spacial score (nSPS) is 11.1. The fourth-order valence-electron chi connectivity index (χ4n) is 6.07. The number of rotatable bonds is 6. The molecule has 0 aliphatic carbocycles. The molecule has 0 amide bonds. The fourth-order valence-corrected chi connectivity index (χ4v) is 7.38.